The molecule has 5 heteroatoms. The molecule has 0 bridgehead atoms. The van der Waals surface area contributed by atoms with Crippen LogP contribution >= 0.6 is 12.4 Å². The molecule has 3 N–H and O–H groups in total. The molecule has 1 amide bonds. The Morgan fingerprint density at radius 1 is 1.22 bits per heavy atom. The van der Waals surface area contributed by atoms with Crippen molar-refractivity contribution < 1.29 is 9.18 Å². The number of nitrogens with one attached hydrogen (secondary N) is 1. The number of carbonyl (C=O) groups is 1. The zero-order valence-electron chi connectivity index (χ0n) is 12.8. The molecular formula is C18H20ClFN2O. The average molecular weight is 335 g/mol. The summed E-state index contributed by atoms with van der Waals surface area (Å²) in [5, 5.41) is 3.03. The molecule has 0 unspecified atom stereocenters. The van der Waals surface area contributed by atoms with Gasteiger partial charge < -0.3 is 11.1 Å². The van der Waals surface area contributed by atoms with Gasteiger partial charge in [0.2, 0.25) is 5.91 Å². The predicted octanol–water partition coefficient (Wildman–Crippen LogP) is 3.09. The van der Waals surface area contributed by atoms with Gasteiger partial charge in [0.25, 0.3) is 0 Å². The molecule has 0 spiro atoms. The van der Waals surface area contributed by atoms with Gasteiger partial charge in [-0.3, -0.25) is 4.79 Å². The Hall–Kier alpha value is -1.91. The van der Waals surface area contributed by atoms with Gasteiger partial charge in [-0.05, 0) is 35.2 Å². The van der Waals surface area contributed by atoms with Crippen molar-refractivity contribution in [3.8, 4) is 0 Å². The summed E-state index contributed by atoms with van der Waals surface area (Å²) in [6, 6.07) is 13.2. The maximum atomic E-state index is 12.9. The average Bonchev–Trinajstić information content (AvgIpc) is 2.84. The molecule has 0 saturated heterocycles. The fourth-order valence-corrected chi connectivity index (χ4v) is 3.06. The molecule has 23 heavy (non-hydrogen) atoms. The van der Waals surface area contributed by atoms with Crippen LogP contribution in [0.15, 0.2) is 48.5 Å². The van der Waals surface area contributed by atoms with Gasteiger partial charge in [-0.2, -0.15) is 0 Å². The van der Waals surface area contributed by atoms with Crippen LogP contribution in [0.5, 0.6) is 0 Å². The van der Waals surface area contributed by atoms with Crippen LogP contribution in [0.2, 0.25) is 0 Å². The summed E-state index contributed by atoms with van der Waals surface area (Å²) in [6.45, 7) is 2.11. The molecule has 3 atom stereocenters. The van der Waals surface area contributed by atoms with Crippen molar-refractivity contribution in [3.63, 3.8) is 0 Å². The highest BCUT2D eigenvalue weighted by atomic mass is 35.5. The number of hydrogen-bond donors (Lipinski definition) is 2. The predicted molar refractivity (Wildman–Crippen MR) is 91.1 cm³/mol. The van der Waals surface area contributed by atoms with Crippen LogP contribution in [-0.4, -0.2) is 11.9 Å². The number of fused-ring (bicyclic) bond motifs is 1. The van der Waals surface area contributed by atoms with E-state index in [1.807, 2.05) is 12.1 Å². The summed E-state index contributed by atoms with van der Waals surface area (Å²) in [7, 11) is 0. The van der Waals surface area contributed by atoms with E-state index in [9.17, 15) is 9.18 Å². The van der Waals surface area contributed by atoms with Crippen LogP contribution < -0.4 is 11.1 Å². The molecule has 0 fully saturated rings. The molecule has 2 aromatic carbocycles. The molecule has 3 nitrogen and oxygen atoms in total. The van der Waals surface area contributed by atoms with Crippen LogP contribution in [-0.2, 0) is 11.2 Å². The van der Waals surface area contributed by atoms with Gasteiger partial charge in [-0.25, -0.2) is 4.39 Å². The summed E-state index contributed by atoms with van der Waals surface area (Å²) in [6.07, 6.45) is 0.819. The highest BCUT2D eigenvalue weighted by Crippen LogP contribution is 2.32. The first-order valence-electron chi connectivity index (χ1n) is 7.45. The first-order valence-corrected chi connectivity index (χ1v) is 7.45. The zero-order valence-corrected chi connectivity index (χ0v) is 13.6. The van der Waals surface area contributed by atoms with Gasteiger partial charge in [0, 0.05) is 12.0 Å². The van der Waals surface area contributed by atoms with Crippen molar-refractivity contribution in [2.45, 2.75) is 31.3 Å². The van der Waals surface area contributed by atoms with Crippen molar-refractivity contribution in [2.75, 3.05) is 0 Å². The fraction of sp³-hybridized carbons (Fsp3) is 0.278. The van der Waals surface area contributed by atoms with Gasteiger partial charge in [0.05, 0.1) is 0 Å². The standard InChI is InChI=1S/C18H19FN2O.ClH/c1-11-15-5-3-2-4-13(15)10-16(11)21-18(22)17(20)12-6-8-14(19)9-7-12;/h2-9,11,16-17H,10,20H2,1H3,(H,21,22);1H/t11-,16-,17-;/m0./s1. The smallest absolute Gasteiger partial charge is 0.241 e. The zero-order chi connectivity index (χ0) is 15.7. The van der Waals surface area contributed by atoms with Crippen LogP contribution in [0, 0.1) is 5.82 Å². The summed E-state index contributed by atoms with van der Waals surface area (Å²) >= 11 is 0. The second-order valence-corrected chi connectivity index (χ2v) is 5.84. The number of nitrogens with two attached hydrogens (primary N) is 1. The van der Waals surface area contributed by atoms with Crippen molar-refractivity contribution in [2.24, 2.45) is 5.73 Å². The third-order valence-electron chi connectivity index (χ3n) is 4.43. The molecule has 0 aliphatic heterocycles. The minimum absolute atomic E-state index is 0. The molecular weight excluding hydrogens is 315 g/mol. The van der Waals surface area contributed by atoms with E-state index in [4.69, 9.17) is 5.73 Å². The lowest BCUT2D eigenvalue weighted by Crippen LogP contribution is -2.42. The Bertz CT molecular complexity index is 690. The van der Waals surface area contributed by atoms with E-state index in [-0.39, 0.29) is 36.1 Å². The van der Waals surface area contributed by atoms with E-state index in [0.717, 1.165) is 6.42 Å². The Morgan fingerprint density at radius 2 is 1.87 bits per heavy atom. The third kappa shape index (κ3) is 3.54. The van der Waals surface area contributed by atoms with Crippen molar-refractivity contribution in [3.05, 3.63) is 71.0 Å². The van der Waals surface area contributed by atoms with E-state index in [1.54, 1.807) is 12.1 Å². The van der Waals surface area contributed by atoms with Crippen LogP contribution in [0.3, 0.4) is 0 Å². The molecule has 2 aromatic rings. The van der Waals surface area contributed by atoms with E-state index >= 15 is 0 Å². The molecule has 1 aliphatic rings. The molecule has 3 rings (SSSR count). The van der Waals surface area contributed by atoms with E-state index in [2.05, 4.69) is 24.4 Å². The number of hydrogen-bond acceptors (Lipinski definition) is 2. The SMILES string of the molecule is C[C@H]1c2ccccc2C[C@@H]1NC(=O)[C@@H](N)c1ccc(F)cc1.Cl. The summed E-state index contributed by atoms with van der Waals surface area (Å²) < 4.78 is 12.9. The lowest BCUT2D eigenvalue weighted by Gasteiger charge is -2.21. The van der Waals surface area contributed by atoms with E-state index in [0.29, 0.717) is 5.56 Å². The normalized spacial score (nSPS) is 20.3. The quantitative estimate of drug-likeness (QED) is 0.906. The van der Waals surface area contributed by atoms with Gasteiger partial charge in [-0.15, -0.1) is 12.4 Å². The Balaban J connectivity index is 0.00000192. The van der Waals surface area contributed by atoms with E-state index < -0.39 is 6.04 Å². The highest BCUT2D eigenvalue weighted by molar-refractivity contribution is 5.85. The van der Waals surface area contributed by atoms with Crippen molar-refractivity contribution >= 4 is 18.3 Å². The van der Waals surface area contributed by atoms with Crippen LogP contribution in [0.25, 0.3) is 0 Å². The second kappa shape index (κ2) is 7.11. The molecule has 0 saturated carbocycles. The monoisotopic (exact) mass is 334 g/mol. The Kier molecular flexibility index (Phi) is 5.39. The number of benzene rings is 2. The maximum absolute atomic E-state index is 12.9. The van der Waals surface area contributed by atoms with Crippen LogP contribution in [0.4, 0.5) is 4.39 Å². The van der Waals surface area contributed by atoms with Crippen LogP contribution in [0.1, 0.15) is 35.6 Å². The largest absolute Gasteiger partial charge is 0.351 e. The lowest BCUT2D eigenvalue weighted by atomic mass is 10.00. The molecule has 0 heterocycles. The minimum atomic E-state index is -0.781. The minimum Gasteiger partial charge on any atom is -0.351 e. The fourth-order valence-electron chi connectivity index (χ4n) is 3.06. The second-order valence-electron chi connectivity index (χ2n) is 5.84. The number of rotatable bonds is 3. The number of halogens is 2. The number of carbonyl (C=O) groups excluding carboxylic acids is 1. The highest BCUT2D eigenvalue weighted by Gasteiger charge is 2.31. The van der Waals surface area contributed by atoms with Gasteiger partial charge >= 0.3 is 0 Å². The molecule has 1 aliphatic carbocycles. The molecule has 122 valence electrons. The topological polar surface area (TPSA) is 55.1 Å². The molecule has 0 radical (unpaired) electrons. The van der Waals surface area contributed by atoms with Gasteiger partial charge in [-0.1, -0.05) is 43.3 Å². The van der Waals surface area contributed by atoms with Gasteiger partial charge in [0.15, 0.2) is 0 Å². The first-order chi connectivity index (χ1) is 10.6. The van der Waals surface area contributed by atoms with E-state index in [1.165, 1.54) is 23.3 Å². The number of amides is 1. The first kappa shape index (κ1) is 17.4. The maximum Gasteiger partial charge on any atom is 0.241 e. The lowest BCUT2D eigenvalue weighted by molar-refractivity contribution is -0.123. The Morgan fingerprint density at radius 3 is 2.52 bits per heavy atom. The van der Waals surface area contributed by atoms with Crippen molar-refractivity contribution in [1.29, 1.82) is 0 Å². The third-order valence-corrected chi connectivity index (χ3v) is 4.43. The summed E-state index contributed by atoms with van der Waals surface area (Å²) in [5.41, 5.74) is 9.15. The Labute approximate surface area is 141 Å². The summed E-state index contributed by atoms with van der Waals surface area (Å²) in [4.78, 5) is 12.4. The molecule has 0 aromatic heterocycles. The summed E-state index contributed by atoms with van der Waals surface area (Å²) in [5.74, 6) is -0.298. The van der Waals surface area contributed by atoms with Crippen molar-refractivity contribution in [1.82, 2.24) is 5.32 Å². The van der Waals surface area contributed by atoms with Gasteiger partial charge in [0.1, 0.15) is 11.9 Å².